The predicted molar refractivity (Wildman–Crippen MR) is 106 cm³/mol. The Morgan fingerprint density at radius 3 is 2.48 bits per heavy atom. The molecule has 0 aromatic heterocycles. The molecule has 156 valence electrons. The van der Waals surface area contributed by atoms with Crippen LogP contribution >= 0.6 is 0 Å². The summed E-state index contributed by atoms with van der Waals surface area (Å²) in [5.41, 5.74) is -1.23. The van der Waals surface area contributed by atoms with Crippen LogP contribution in [0.5, 0.6) is 0 Å². The van der Waals surface area contributed by atoms with E-state index >= 15 is 0 Å². The standard InChI is InChI=1S/C20H37N3O4/c1-7-14(2)23-20(5,6)18(25)22-16(24)12-15(21)19(3,4)13-27-17-10-8-9-11-26-17/h14,17,21,23H,7-13H2,1-6H3,(H,22,24,25). The van der Waals surface area contributed by atoms with Crippen LogP contribution in [-0.2, 0) is 19.1 Å². The summed E-state index contributed by atoms with van der Waals surface area (Å²) in [6.45, 7) is 12.2. The number of imide groups is 1. The molecule has 1 saturated heterocycles. The van der Waals surface area contributed by atoms with Crippen LogP contribution in [0.15, 0.2) is 0 Å². The van der Waals surface area contributed by atoms with Gasteiger partial charge in [0.15, 0.2) is 6.29 Å². The van der Waals surface area contributed by atoms with E-state index in [9.17, 15) is 9.59 Å². The fraction of sp³-hybridized carbons (Fsp3) is 0.850. The van der Waals surface area contributed by atoms with Gasteiger partial charge >= 0.3 is 0 Å². The van der Waals surface area contributed by atoms with Crippen LogP contribution in [0.25, 0.3) is 0 Å². The van der Waals surface area contributed by atoms with E-state index in [2.05, 4.69) is 10.6 Å². The molecule has 2 unspecified atom stereocenters. The second kappa shape index (κ2) is 10.3. The smallest absolute Gasteiger partial charge is 0.246 e. The molecular formula is C20H37N3O4. The summed E-state index contributed by atoms with van der Waals surface area (Å²) >= 11 is 0. The molecule has 1 aliphatic heterocycles. The van der Waals surface area contributed by atoms with E-state index < -0.39 is 16.9 Å². The van der Waals surface area contributed by atoms with Gasteiger partial charge < -0.3 is 20.2 Å². The number of ether oxygens (including phenoxy) is 2. The van der Waals surface area contributed by atoms with Crippen LogP contribution in [0.4, 0.5) is 0 Å². The van der Waals surface area contributed by atoms with Gasteiger partial charge in [-0.25, -0.2) is 0 Å². The highest BCUT2D eigenvalue weighted by atomic mass is 16.7. The lowest BCUT2D eigenvalue weighted by Gasteiger charge is -2.30. The lowest BCUT2D eigenvalue weighted by Crippen LogP contribution is -2.56. The van der Waals surface area contributed by atoms with E-state index in [-0.39, 0.29) is 30.4 Å². The van der Waals surface area contributed by atoms with Crippen molar-refractivity contribution in [2.75, 3.05) is 13.2 Å². The molecule has 1 heterocycles. The van der Waals surface area contributed by atoms with Crippen molar-refractivity contribution in [3.05, 3.63) is 0 Å². The van der Waals surface area contributed by atoms with Crippen molar-refractivity contribution in [2.45, 2.75) is 91.5 Å². The second-order valence-corrected chi connectivity index (χ2v) is 8.60. The molecule has 3 N–H and O–H groups in total. The highest BCUT2D eigenvalue weighted by molar-refractivity contribution is 6.08. The minimum Gasteiger partial charge on any atom is -0.353 e. The lowest BCUT2D eigenvalue weighted by atomic mass is 9.86. The van der Waals surface area contributed by atoms with Crippen molar-refractivity contribution in [3.8, 4) is 0 Å². The zero-order valence-corrected chi connectivity index (χ0v) is 17.7. The van der Waals surface area contributed by atoms with Gasteiger partial charge in [0.25, 0.3) is 0 Å². The van der Waals surface area contributed by atoms with Crippen LogP contribution < -0.4 is 10.6 Å². The molecule has 7 heteroatoms. The van der Waals surface area contributed by atoms with E-state index in [1.165, 1.54) is 0 Å². The first kappa shape index (κ1) is 23.7. The van der Waals surface area contributed by atoms with Crippen molar-refractivity contribution in [1.82, 2.24) is 10.6 Å². The van der Waals surface area contributed by atoms with Crippen molar-refractivity contribution in [1.29, 1.82) is 5.41 Å². The van der Waals surface area contributed by atoms with Crippen LogP contribution in [0.3, 0.4) is 0 Å². The predicted octanol–water partition coefficient (Wildman–Crippen LogP) is 2.78. The van der Waals surface area contributed by atoms with Gasteiger partial charge in [0.05, 0.1) is 18.6 Å². The molecule has 0 aromatic carbocycles. The van der Waals surface area contributed by atoms with Gasteiger partial charge in [-0.2, -0.15) is 0 Å². The minimum atomic E-state index is -0.857. The number of hydrogen-bond acceptors (Lipinski definition) is 6. The second-order valence-electron chi connectivity index (χ2n) is 8.60. The average molecular weight is 384 g/mol. The molecule has 0 radical (unpaired) electrons. The van der Waals surface area contributed by atoms with Crippen LogP contribution in [0, 0.1) is 10.8 Å². The molecule has 2 amide bonds. The summed E-state index contributed by atoms with van der Waals surface area (Å²) in [5.74, 6) is -0.851. The van der Waals surface area contributed by atoms with Gasteiger partial charge in [-0.15, -0.1) is 0 Å². The first-order chi connectivity index (χ1) is 12.5. The van der Waals surface area contributed by atoms with Gasteiger partial charge in [0.1, 0.15) is 0 Å². The SMILES string of the molecule is CCC(C)NC(C)(C)C(=O)NC(=O)CC(=N)C(C)(C)COC1CCCCO1. The van der Waals surface area contributed by atoms with Crippen molar-refractivity contribution >= 4 is 17.5 Å². The van der Waals surface area contributed by atoms with Crippen LogP contribution in [0.2, 0.25) is 0 Å². The Morgan fingerprint density at radius 1 is 1.26 bits per heavy atom. The first-order valence-corrected chi connectivity index (χ1v) is 9.91. The Hall–Kier alpha value is -1.31. The molecule has 1 aliphatic rings. The Morgan fingerprint density at radius 2 is 1.93 bits per heavy atom. The van der Waals surface area contributed by atoms with Gasteiger partial charge in [-0.1, -0.05) is 20.8 Å². The Kier molecular flexibility index (Phi) is 9.05. The van der Waals surface area contributed by atoms with Crippen molar-refractivity contribution in [3.63, 3.8) is 0 Å². The quantitative estimate of drug-likeness (QED) is 0.504. The third-order valence-electron chi connectivity index (χ3n) is 4.96. The van der Waals surface area contributed by atoms with Crippen LogP contribution in [-0.4, -0.2) is 48.6 Å². The maximum atomic E-state index is 12.4. The van der Waals surface area contributed by atoms with Gasteiger partial charge in [-0.3, -0.25) is 14.9 Å². The zero-order valence-electron chi connectivity index (χ0n) is 17.7. The Bertz CT molecular complexity index is 525. The molecule has 7 nitrogen and oxygen atoms in total. The largest absolute Gasteiger partial charge is 0.353 e. The average Bonchev–Trinajstić information content (AvgIpc) is 2.60. The molecule has 27 heavy (non-hydrogen) atoms. The molecule has 0 aromatic rings. The van der Waals surface area contributed by atoms with Crippen molar-refractivity contribution in [2.24, 2.45) is 5.41 Å². The normalized spacial score (nSPS) is 19.4. The fourth-order valence-corrected chi connectivity index (χ4v) is 2.74. The molecule has 1 rings (SSSR count). The third-order valence-corrected chi connectivity index (χ3v) is 4.96. The summed E-state index contributed by atoms with van der Waals surface area (Å²) in [6, 6.07) is 0.164. The lowest BCUT2D eigenvalue weighted by molar-refractivity contribution is -0.171. The number of nitrogens with one attached hydrogen (secondary N) is 3. The minimum absolute atomic E-state index is 0.132. The number of hydrogen-bond donors (Lipinski definition) is 3. The molecule has 0 bridgehead atoms. The number of carbonyl (C=O) groups is 2. The van der Waals surface area contributed by atoms with E-state index in [0.29, 0.717) is 13.2 Å². The molecule has 0 aliphatic carbocycles. The summed E-state index contributed by atoms with van der Waals surface area (Å²) in [7, 11) is 0. The first-order valence-electron chi connectivity index (χ1n) is 9.91. The number of amides is 2. The maximum absolute atomic E-state index is 12.4. The molecule has 1 fully saturated rings. The van der Waals surface area contributed by atoms with Crippen LogP contribution in [0.1, 0.15) is 73.6 Å². The van der Waals surface area contributed by atoms with E-state index in [1.807, 2.05) is 27.7 Å². The molecule has 2 atom stereocenters. The van der Waals surface area contributed by atoms with Gasteiger partial charge in [0.2, 0.25) is 11.8 Å². The topological polar surface area (TPSA) is 101 Å². The number of rotatable bonds is 10. The Labute approximate surface area is 163 Å². The summed E-state index contributed by atoms with van der Waals surface area (Å²) in [5, 5.41) is 13.9. The summed E-state index contributed by atoms with van der Waals surface area (Å²) in [4.78, 5) is 24.6. The molecular weight excluding hydrogens is 346 g/mol. The van der Waals surface area contributed by atoms with Crippen molar-refractivity contribution < 1.29 is 19.1 Å². The van der Waals surface area contributed by atoms with E-state index in [4.69, 9.17) is 14.9 Å². The van der Waals surface area contributed by atoms with E-state index in [0.717, 1.165) is 25.7 Å². The van der Waals surface area contributed by atoms with Gasteiger partial charge in [-0.05, 0) is 46.5 Å². The summed E-state index contributed by atoms with van der Waals surface area (Å²) in [6.07, 6.45) is 3.51. The summed E-state index contributed by atoms with van der Waals surface area (Å²) < 4.78 is 11.3. The zero-order chi connectivity index (χ0) is 20.7. The van der Waals surface area contributed by atoms with Gasteiger partial charge in [0, 0.05) is 23.8 Å². The fourth-order valence-electron chi connectivity index (χ4n) is 2.74. The highest BCUT2D eigenvalue weighted by Gasteiger charge is 2.32. The Balaban J connectivity index is 2.49. The molecule has 0 saturated carbocycles. The third kappa shape index (κ3) is 8.07. The highest BCUT2D eigenvalue weighted by Crippen LogP contribution is 2.23. The maximum Gasteiger partial charge on any atom is 0.246 e. The number of carbonyl (C=O) groups excluding carboxylic acids is 2. The monoisotopic (exact) mass is 383 g/mol. The van der Waals surface area contributed by atoms with E-state index in [1.54, 1.807) is 13.8 Å². The molecule has 0 spiro atoms.